The van der Waals surface area contributed by atoms with Gasteiger partial charge < -0.3 is 9.64 Å². The zero-order chi connectivity index (χ0) is 14.6. The Morgan fingerprint density at radius 1 is 1.29 bits per heavy atom. The molecule has 4 rings (SSSR count). The second-order valence-corrected chi connectivity index (χ2v) is 6.10. The Labute approximate surface area is 128 Å². The third kappa shape index (κ3) is 1.84. The Morgan fingerprint density at radius 2 is 2.10 bits per heavy atom. The molecule has 0 spiro atoms. The van der Waals surface area contributed by atoms with Crippen LogP contribution >= 0.6 is 11.6 Å². The van der Waals surface area contributed by atoms with E-state index in [1.54, 1.807) is 4.90 Å². The second kappa shape index (κ2) is 4.50. The summed E-state index contributed by atoms with van der Waals surface area (Å²) in [4.78, 5) is 14.3. The zero-order valence-corrected chi connectivity index (χ0v) is 12.4. The third-order valence-corrected chi connectivity index (χ3v) is 4.45. The van der Waals surface area contributed by atoms with Crippen molar-refractivity contribution in [1.29, 1.82) is 0 Å². The molecule has 2 heterocycles. The minimum Gasteiger partial charge on any atom is -0.456 e. The lowest BCUT2D eigenvalue weighted by atomic mass is 9.91. The molecule has 1 aromatic carbocycles. The van der Waals surface area contributed by atoms with E-state index in [4.69, 9.17) is 16.3 Å². The molecule has 3 nitrogen and oxygen atoms in total. The summed E-state index contributed by atoms with van der Waals surface area (Å²) < 4.78 is 6.05. The van der Waals surface area contributed by atoms with Crippen LogP contribution in [0.25, 0.3) is 5.57 Å². The largest absolute Gasteiger partial charge is 0.456 e. The van der Waals surface area contributed by atoms with E-state index in [9.17, 15) is 4.79 Å². The number of benzene rings is 1. The number of carbonyl (C=O) groups is 1. The first kappa shape index (κ1) is 12.7. The van der Waals surface area contributed by atoms with Crippen LogP contribution in [0.3, 0.4) is 0 Å². The fourth-order valence-corrected chi connectivity index (χ4v) is 3.36. The number of carbonyl (C=O) groups excluding carboxylic acids is 1. The van der Waals surface area contributed by atoms with Gasteiger partial charge in [-0.3, -0.25) is 4.79 Å². The molecule has 21 heavy (non-hydrogen) atoms. The summed E-state index contributed by atoms with van der Waals surface area (Å²) >= 11 is 6.27. The van der Waals surface area contributed by atoms with Gasteiger partial charge in [-0.1, -0.05) is 24.3 Å². The number of nitrogens with zero attached hydrogens (tertiary/aromatic N) is 1. The molecule has 1 aromatic rings. The molecule has 0 fully saturated rings. The van der Waals surface area contributed by atoms with Crippen molar-refractivity contribution in [2.75, 3.05) is 13.6 Å². The normalized spacial score (nSPS) is 23.6. The lowest BCUT2D eigenvalue weighted by Crippen LogP contribution is -2.22. The molecule has 1 aliphatic carbocycles. The Balaban J connectivity index is 1.99. The van der Waals surface area contributed by atoms with Gasteiger partial charge in [0.05, 0.1) is 11.0 Å². The predicted molar refractivity (Wildman–Crippen MR) is 82.1 cm³/mol. The number of hydrogen-bond acceptors (Lipinski definition) is 2. The maximum absolute atomic E-state index is 12.5. The minimum atomic E-state index is -0.0525. The van der Waals surface area contributed by atoms with Crippen LogP contribution in [0.5, 0.6) is 5.75 Å². The van der Waals surface area contributed by atoms with Gasteiger partial charge in [0.25, 0.3) is 5.91 Å². The maximum atomic E-state index is 12.5. The van der Waals surface area contributed by atoms with Crippen LogP contribution in [0.4, 0.5) is 0 Å². The van der Waals surface area contributed by atoms with E-state index in [0.29, 0.717) is 13.0 Å². The monoisotopic (exact) mass is 299 g/mol. The number of rotatable bonds is 0. The highest BCUT2D eigenvalue weighted by Gasteiger charge is 2.36. The van der Waals surface area contributed by atoms with E-state index < -0.39 is 0 Å². The average Bonchev–Trinajstić information content (AvgIpc) is 2.70. The molecule has 0 N–H and O–H groups in total. The lowest BCUT2D eigenvalue weighted by molar-refractivity contribution is -0.122. The SMILES string of the molecule is CN1CC2=C(C1=O)c1ccccc1OC1=C2C[C@H](Cl)C=C1. The Kier molecular flexibility index (Phi) is 2.73. The van der Waals surface area contributed by atoms with Crippen LogP contribution in [0.15, 0.2) is 53.3 Å². The van der Waals surface area contributed by atoms with Gasteiger partial charge in [0.2, 0.25) is 0 Å². The molecule has 3 aliphatic rings. The van der Waals surface area contributed by atoms with Crippen LogP contribution in [0.2, 0.25) is 0 Å². The molecule has 4 heteroatoms. The van der Waals surface area contributed by atoms with Gasteiger partial charge in [0.15, 0.2) is 0 Å². The number of halogens is 1. The van der Waals surface area contributed by atoms with Crippen LogP contribution in [-0.4, -0.2) is 29.8 Å². The number of hydrogen-bond donors (Lipinski definition) is 0. The number of amides is 1. The minimum absolute atomic E-state index is 0.0514. The van der Waals surface area contributed by atoms with Gasteiger partial charge in [-0.15, -0.1) is 11.6 Å². The molecule has 1 amide bonds. The van der Waals surface area contributed by atoms with E-state index in [0.717, 1.165) is 33.8 Å². The van der Waals surface area contributed by atoms with Crippen molar-refractivity contribution < 1.29 is 9.53 Å². The van der Waals surface area contributed by atoms with Gasteiger partial charge in [-0.25, -0.2) is 0 Å². The smallest absolute Gasteiger partial charge is 0.255 e. The number of ether oxygens (including phenoxy) is 1. The van der Waals surface area contributed by atoms with Gasteiger partial charge >= 0.3 is 0 Å². The van der Waals surface area contributed by atoms with Crippen molar-refractivity contribution in [3.8, 4) is 5.75 Å². The first-order chi connectivity index (χ1) is 10.1. The van der Waals surface area contributed by atoms with E-state index in [-0.39, 0.29) is 11.3 Å². The fraction of sp³-hybridized carbons (Fsp3) is 0.235. The topological polar surface area (TPSA) is 29.5 Å². The van der Waals surface area contributed by atoms with Gasteiger partial charge in [0.1, 0.15) is 11.5 Å². The number of alkyl halides is 1. The van der Waals surface area contributed by atoms with E-state index in [2.05, 4.69) is 0 Å². The van der Waals surface area contributed by atoms with Crippen LogP contribution < -0.4 is 4.74 Å². The van der Waals surface area contributed by atoms with Crippen molar-refractivity contribution in [3.05, 3.63) is 58.9 Å². The van der Waals surface area contributed by atoms with Crippen molar-refractivity contribution >= 4 is 23.1 Å². The molecule has 106 valence electrons. The number of likely N-dealkylation sites (N-methyl/N-ethyl adjacent to an activating group) is 1. The first-order valence-corrected chi connectivity index (χ1v) is 7.40. The van der Waals surface area contributed by atoms with E-state index in [1.165, 1.54) is 0 Å². The molecule has 0 unspecified atom stereocenters. The molecule has 2 aliphatic heterocycles. The van der Waals surface area contributed by atoms with Gasteiger partial charge in [-0.2, -0.15) is 0 Å². The number of fused-ring (bicyclic) bond motifs is 3. The van der Waals surface area contributed by atoms with Crippen molar-refractivity contribution in [1.82, 2.24) is 4.90 Å². The Hall–Kier alpha value is -2.00. The number of allylic oxidation sites excluding steroid dienone is 2. The highest BCUT2D eigenvalue weighted by atomic mass is 35.5. The van der Waals surface area contributed by atoms with Crippen LogP contribution in [-0.2, 0) is 4.79 Å². The highest BCUT2D eigenvalue weighted by molar-refractivity contribution is 6.25. The summed E-state index contributed by atoms with van der Waals surface area (Å²) in [6.07, 6.45) is 4.56. The molecule has 1 atom stereocenters. The fourth-order valence-electron chi connectivity index (χ4n) is 3.14. The predicted octanol–water partition coefficient (Wildman–Crippen LogP) is 3.13. The molecule has 0 bridgehead atoms. The zero-order valence-electron chi connectivity index (χ0n) is 11.6. The molecule has 0 saturated carbocycles. The van der Waals surface area contributed by atoms with Crippen molar-refractivity contribution in [3.63, 3.8) is 0 Å². The van der Waals surface area contributed by atoms with E-state index in [1.807, 2.05) is 43.5 Å². The van der Waals surface area contributed by atoms with Crippen molar-refractivity contribution in [2.45, 2.75) is 11.8 Å². The van der Waals surface area contributed by atoms with Gasteiger partial charge in [0, 0.05) is 24.7 Å². The Morgan fingerprint density at radius 3 is 2.95 bits per heavy atom. The Bertz CT molecular complexity index is 745. The van der Waals surface area contributed by atoms with E-state index >= 15 is 0 Å². The summed E-state index contributed by atoms with van der Waals surface area (Å²) in [5.74, 6) is 1.60. The standard InChI is InChI=1S/C17H14ClNO2/c1-19-9-13-12-8-10(18)6-7-15(12)21-14-5-3-2-4-11(14)16(13)17(19)20/h2-7,10H,8-9H2,1H3/t10-/m1/s1. The van der Waals surface area contributed by atoms with Gasteiger partial charge in [-0.05, 0) is 24.1 Å². The summed E-state index contributed by atoms with van der Waals surface area (Å²) in [6.45, 7) is 0.613. The summed E-state index contributed by atoms with van der Waals surface area (Å²) in [5.41, 5.74) is 3.74. The average molecular weight is 300 g/mol. The van der Waals surface area contributed by atoms with Crippen molar-refractivity contribution in [2.24, 2.45) is 0 Å². The third-order valence-electron chi connectivity index (χ3n) is 4.15. The summed E-state index contributed by atoms with van der Waals surface area (Å²) in [6, 6.07) is 7.71. The maximum Gasteiger partial charge on any atom is 0.255 e. The van der Waals surface area contributed by atoms with Crippen LogP contribution in [0, 0.1) is 0 Å². The molecular weight excluding hydrogens is 286 g/mol. The summed E-state index contributed by atoms with van der Waals surface area (Å²) in [5, 5.41) is -0.0525. The second-order valence-electron chi connectivity index (χ2n) is 5.54. The van der Waals surface area contributed by atoms with Crippen LogP contribution in [0.1, 0.15) is 12.0 Å². The first-order valence-electron chi connectivity index (χ1n) is 6.97. The highest BCUT2D eigenvalue weighted by Crippen LogP contribution is 2.43. The molecular formula is C17H14ClNO2. The summed E-state index contributed by atoms with van der Waals surface area (Å²) in [7, 11) is 1.83. The molecule has 0 radical (unpaired) electrons. The molecule has 0 saturated heterocycles. The lowest BCUT2D eigenvalue weighted by Gasteiger charge is -2.20. The quantitative estimate of drug-likeness (QED) is 0.689. The molecule has 0 aromatic heterocycles. The number of para-hydroxylation sites is 1.